The van der Waals surface area contributed by atoms with E-state index in [4.69, 9.17) is 0 Å². The SMILES string of the molecule is Cc1cc(C)n(B(F)F)c1. The first-order valence-electron chi connectivity index (χ1n) is 3.04. The summed E-state index contributed by atoms with van der Waals surface area (Å²) in [5.41, 5.74) is 1.48. The second-order valence-electron chi connectivity index (χ2n) is 2.34. The van der Waals surface area contributed by atoms with E-state index in [1.54, 1.807) is 19.9 Å². The fraction of sp³-hybridized carbons (Fsp3) is 0.333. The molecule has 1 nitrogen and oxygen atoms in total. The molecule has 0 aliphatic carbocycles. The molecular formula is C6H8BF2N. The van der Waals surface area contributed by atoms with Crippen molar-refractivity contribution in [3.63, 3.8) is 0 Å². The summed E-state index contributed by atoms with van der Waals surface area (Å²) in [6.45, 7) is 3.46. The van der Waals surface area contributed by atoms with E-state index < -0.39 is 7.40 Å². The molecule has 0 aliphatic rings. The van der Waals surface area contributed by atoms with Crippen molar-refractivity contribution < 1.29 is 8.63 Å². The maximum Gasteiger partial charge on any atom is 0.677 e. The number of rotatable bonds is 1. The first kappa shape index (κ1) is 7.31. The average molecular weight is 143 g/mol. The molecule has 1 aromatic rings. The van der Waals surface area contributed by atoms with Crippen molar-refractivity contribution >= 4 is 7.40 Å². The fourth-order valence-corrected chi connectivity index (χ4v) is 0.973. The summed E-state index contributed by atoms with van der Waals surface area (Å²) in [4.78, 5) is 0. The number of nitrogens with zero attached hydrogens (tertiary/aromatic N) is 1. The van der Waals surface area contributed by atoms with Crippen molar-refractivity contribution in [2.45, 2.75) is 13.8 Å². The Kier molecular flexibility index (Phi) is 1.79. The van der Waals surface area contributed by atoms with E-state index in [9.17, 15) is 8.63 Å². The van der Waals surface area contributed by atoms with E-state index in [0.717, 1.165) is 10.0 Å². The lowest BCUT2D eigenvalue weighted by molar-refractivity contribution is 0.625. The molecule has 0 fully saturated rings. The van der Waals surface area contributed by atoms with Gasteiger partial charge >= 0.3 is 7.40 Å². The number of halogens is 2. The van der Waals surface area contributed by atoms with Crippen LogP contribution in [0.2, 0.25) is 0 Å². The van der Waals surface area contributed by atoms with Gasteiger partial charge in [0.05, 0.1) is 0 Å². The third-order valence-corrected chi connectivity index (χ3v) is 1.40. The molecule has 0 saturated carbocycles. The van der Waals surface area contributed by atoms with E-state index in [-0.39, 0.29) is 0 Å². The molecule has 10 heavy (non-hydrogen) atoms. The van der Waals surface area contributed by atoms with Gasteiger partial charge in [0.15, 0.2) is 0 Å². The van der Waals surface area contributed by atoms with Crippen LogP contribution in [0.1, 0.15) is 11.3 Å². The topological polar surface area (TPSA) is 4.93 Å². The zero-order valence-electron chi connectivity index (χ0n) is 5.94. The summed E-state index contributed by atoms with van der Waals surface area (Å²) in [6.07, 6.45) is 1.44. The van der Waals surface area contributed by atoms with Gasteiger partial charge in [-0.05, 0) is 31.7 Å². The van der Waals surface area contributed by atoms with Gasteiger partial charge in [-0.25, -0.2) is 0 Å². The monoisotopic (exact) mass is 143 g/mol. The van der Waals surface area contributed by atoms with Crippen LogP contribution in [0, 0.1) is 13.8 Å². The highest BCUT2D eigenvalue weighted by Gasteiger charge is 2.17. The summed E-state index contributed by atoms with van der Waals surface area (Å²) in [7, 11) is -2.41. The Morgan fingerprint density at radius 2 is 2.00 bits per heavy atom. The molecule has 1 rings (SSSR count). The largest absolute Gasteiger partial charge is 0.677 e. The lowest BCUT2D eigenvalue weighted by atomic mass is 10.2. The van der Waals surface area contributed by atoms with Gasteiger partial charge in [-0.3, -0.25) is 8.63 Å². The summed E-state index contributed by atoms with van der Waals surface area (Å²) in [5, 5.41) is 0. The second-order valence-corrected chi connectivity index (χ2v) is 2.34. The molecule has 0 spiro atoms. The van der Waals surface area contributed by atoms with Crippen molar-refractivity contribution in [3.8, 4) is 0 Å². The molecule has 0 bridgehead atoms. The zero-order chi connectivity index (χ0) is 7.72. The van der Waals surface area contributed by atoms with Gasteiger partial charge in [0.1, 0.15) is 0 Å². The Morgan fingerprint density at radius 3 is 2.20 bits per heavy atom. The molecule has 54 valence electrons. The van der Waals surface area contributed by atoms with Crippen LogP contribution in [0.25, 0.3) is 0 Å². The molecule has 0 aliphatic heterocycles. The summed E-state index contributed by atoms with van der Waals surface area (Å²) >= 11 is 0. The highest BCUT2D eigenvalue weighted by atomic mass is 19.2. The van der Waals surface area contributed by atoms with Crippen LogP contribution in [0.5, 0.6) is 0 Å². The van der Waals surface area contributed by atoms with Crippen LogP contribution in [-0.4, -0.2) is 11.9 Å². The molecular weight excluding hydrogens is 135 g/mol. The fourth-order valence-electron chi connectivity index (χ4n) is 0.973. The van der Waals surface area contributed by atoms with Gasteiger partial charge in [0, 0.05) is 5.69 Å². The first-order chi connectivity index (χ1) is 4.61. The molecule has 0 aromatic carbocycles. The maximum absolute atomic E-state index is 12.0. The standard InChI is InChI=1S/C6H8BF2N/c1-5-3-6(2)10(4-5)7(8)9/h3-4H,1-2H3. The third-order valence-electron chi connectivity index (χ3n) is 1.40. The van der Waals surface area contributed by atoms with Crippen molar-refractivity contribution in [1.82, 2.24) is 4.48 Å². The van der Waals surface area contributed by atoms with Crippen molar-refractivity contribution in [2.24, 2.45) is 0 Å². The third kappa shape index (κ3) is 1.20. The predicted octanol–water partition coefficient (Wildman–Crippen LogP) is 1.88. The van der Waals surface area contributed by atoms with Gasteiger partial charge < -0.3 is 4.48 Å². The first-order valence-corrected chi connectivity index (χ1v) is 3.04. The number of aromatic nitrogens is 1. The summed E-state index contributed by atoms with van der Waals surface area (Å²) in [5.74, 6) is 0. The van der Waals surface area contributed by atoms with Gasteiger partial charge in [-0.2, -0.15) is 0 Å². The zero-order valence-corrected chi connectivity index (χ0v) is 5.94. The van der Waals surface area contributed by atoms with Crippen molar-refractivity contribution in [3.05, 3.63) is 23.5 Å². The quantitative estimate of drug-likeness (QED) is 0.528. The molecule has 0 atom stereocenters. The lowest BCUT2D eigenvalue weighted by Gasteiger charge is -1.97. The number of hydrogen-bond donors (Lipinski definition) is 0. The molecule has 0 unspecified atom stereocenters. The summed E-state index contributed by atoms with van der Waals surface area (Å²) < 4.78 is 25.0. The molecule has 0 N–H and O–H groups in total. The highest BCUT2D eigenvalue weighted by Crippen LogP contribution is 2.07. The van der Waals surface area contributed by atoms with Crippen LogP contribution in [0.4, 0.5) is 8.63 Å². The number of aryl methyl sites for hydroxylation is 2. The Balaban J connectivity index is 3.03. The van der Waals surface area contributed by atoms with Gasteiger partial charge in [0.25, 0.3) is 0 Å². The van der Waals surface area contributed by atoms with E-state index >= 15 is 0 Å². The van der Waals surface area contributed by atoms with E-state index in [0.29, 0.717) is 5.69 Å². The van der Waals surface area contributed by atoms with Crippen LogP contribution in [0.15, 0.2) is 12.3 Å². The van der Waals surface area contributed by atoms with Crippen LogP contribution < -0.4 is 0 Å². The Hall–Kier alpha value is -0.795. The normalized spacial score (nSPS) is 10.0. The minimum atomic E-state index is -2.41. The van der Waals surface area contributed by atoms with Crippen molar-refractivity contribution in [2.75, 3.05) is 0 Å². The minimum absolute atomic E-state index is 0.604. The van der Waals surface area contributed by atoms with Crippen LogP contribution in [-0.2, 0) is 0 Å². The molecule has 0 radical (unpaired) electrons. The predicted molar refractivity (Wildman–Crippen MR) is 37.3 cm³/mol. The lowest BCUT2D eigenvalue weighted by Crippen LogP contribution is -2.12. The maximum atomic E-state index is 12.0. The van der Waals surface area contributed by atoms with Crippen molar-refractivity contribution in [1.29, 1.82) is 0 Å². The van der Waals surface area contributed by atoms with Crippen LogP contribution in [0.3, 0.4) is 0 Å². The van der Waals surface area contributed by atoms with Gasteiger partial charge in [-0.15, -0.1) is 0 Å². The molecule has 0 amide bonds. The molecule has 1 heterocycles. The highest BCUT2D eigenvalue weighted by molar-refractivity contribution is 6.41. The average Bonchev–Trinajstić information content (AvgIpc) is 2.10. The second kappa shape index (κ2) is 2.44. The molecule has 1 aromatic heterocycles. The van der Waals surface area contributed by atoms with Crippen LogP contribution >= 0.6 is 0 Å². The number of hydrogen-bond acceptors (Lipinski definition) is 0. The smallest absolute Gasteiger partial charge is 0.336 e. The Labute approximate surface area is 58.9 Å². The molecule has 0 saturated heterocycles. The van der Waals surface area contributed by atoms with E-state index in [2.05, 4.69) is 0 Å². The Bertz CT molecular complexity index is 232. The summed E-state index contributed by atoms with van der Waals surface area (Å²) in [6, 6.07) is 1.73. The van der Waals surface area contributed by atoms with Gasteiger partial charge in [-0.1, -0.05) is 0 Å². The van der Waals surface area contributed by atoms with Gasteiger partial charge in [0.2, 0.25) is 0 Å². The Morgan fingerprint density at radius 1 is 1.40 bits per heavy atom. The molecule has 4 heteroatoms. The van der Waals surface area contributed by atoms with E-state index in [1.807, 2.05) is 0 Å². The van der Waals surface area contributed by atoms with E-state index in [1.165, 1.54) is 6.20 Å². The minimum Gasteiger partial charge on any atom is -0.336 e.